The van der Waals surface area contributed by atoms with Gasteiger partial charge in [-0.1, -0.05) is 12.1 Å². The van der Waals surface area contributed by atoms with E-state index in [1.807, 2.05) is 11.0 Å². The third-order valence-corrected chi connectivity index (χ3v) is 5.43. The zero-order valence-corrected chi connectivity index (χ0v) is 14.5. The number of amides is 1. The number of rotatable bonds is 4. The van der Waals surface area contributed by atoms with Crippen LogP contribution in [-0.4, -0.2) is 47.9 Å². The first-order valence-electron chi connectivity index (χ1n) is 9.04. The molecule has 0 aromatic heterocycles. The predicted octanol–water partition coefficient (Wildman–Crippen LogP) is 2.23. The van der Waals surface area contributed by atoms with Gasteiger partial charge >= 0.3 is 0 Å². The highest BCUT2D eigenvalue weighted by Gasteiger charge is 2.36. The van der Waals surface area contributed by atoms with Crippen molar-refractivity contribution in [2.45, 2.75) is 38.8 Å². The first kappa shape index (κ1) is 17.4. The quantitative estimate of drug-likeness (QED) is 0.919. The maximum Gasteiger partial charge on any atom is 0.227 e. The summed E-state index contributed by atoms with van der Waals surface area (Å²) in [5, 5.41) is 0. The second-order valence-electron chi connectivity index (χ2n) is 7.38. The van der Waals surface area contributed by atoms with E-state index in [1.54, 1.807) is 12.1 Å². The van der Waals surface area contributed by atoms with Crippen molar-refractivity contribution in [1.82, 2.24) is 9.80 Å². The van der Waals surface area contributed by atoms with E-state index < -0.39 is 0 Å². The number of hydrogen-bond acceptors (Lipinski definition) is 3. The van der Waals surface area contributed by atoms with Gasteiger partial charge in [0.1, 0.15) is 5.82 Å². The summed E-state index contributed by atoms with van der Waals surface area (Å²) in [6.07, 6.45) is 2.99. The van der Waals surface area contributed by atoms with Gasteiger partial charge < -0.3 is 10.6 Å². The molecule has 2 N–H and O–H groups in total. The van der Waals surface area contributed by atoms with Gasteiger partial charge in [0.25, 0.3) is 0 Å². The minimum atomic E-state index is -0.198. The van der Waals surface area contributed by atoms with Gasteiger partial charge in [-0.2, -0.15) is 0 Å². The molecule has 0 bridgehead atoms. The lowest BCUT2D eigenvalue weighted by Gasteiger charge is -2.35. The minimum absolute atomic E-state index is 0.0614. The number of carbonyl (C=O) groups is 1. The van der Waals surface area contributed by atoms with Crippen molar-refractivity contribution in [3.8, 4) is 0 Å². The Morgan fingerprint density at radius 3 is 2.92 bits per heavy atom. The van der Waals surface area contributed by atoms with Crippen LogP contribution < -0.4 is 5.73 Å². The Kier molecular flexibility index (Phi) is 5.51. The number of piperidine rings is 1. The molecular weight excluding hydrogens is 305 g/mol. The lowest BCUT2D eigenvalue weighted by molar-refractivity contribution is -0.138. The lowest BCUT2D eigenvalue weighted by atomic mass is 9.95. The summed E-state index contributed by atoms with van der Waals surface area (Å²) >= 11 is 0. The Hall–Kier alpha value is -1.46. The molecule has 2 fully saturated rings. The molecular formula is C19H28FN3O. The third kappa shape index (κ3) is 3.95. The normalized spacial score (nSPS) is 28.3. The standard InChI is InChI=1S/C19H28FN3O/c1-14-8-16(10-21)12-23(14)19(24)17-5-3-7-22(13-17)11-15-4-2-6-18(20)9-15/h2,4,6,9,14,16-17H,3,5,7-8,10-13,21H2,1H3. The Labute approximate surface area is 143 Å². The topological polar surface area (TPSA) is 49.6 Å². The van der Waals surface area contributed by atoms with Gasteiger partial charge in [-0.05, 0) is 62.9 Å². The Morgan fingerprint density at radius 2 is 2.21 bits per heavy atom. The first-order valence-corrected chi connectivity index (χ1v) is 9.04. The monoisotopic (exact) mass is 333 g/mol. The van der Waals surface area contributed by atoms with Crippen LogP contribution in [0, 0.1) is 17.7 Å². The molecule has 3 rings (SSSR count). The third-order valence-electron chi connectivity index (χ3n) is 5.43. The van der Waals surface area contributed by atoms with Gasteiger partial charge in [0.2, 0.25) is 5.91 Å². The van der Waals surface area contributed by atoms with Crippen molar-refractivity contribution in [3.63, 3.8) is 0 Å². The first-order chi connectivity index (χ1) is 11.6. The molecule has 5 heteroatoms. The maximum atomic E-state index is 13.4. The Morgan fingerprint density at radius 1 is 1.38 bits per heavy atom. The SMILES string of the molecule is CC1CC(CN)CN1C(=O)C1CCCN(Cc2cccc(F)c2)C1. The second-order valence-corrected chi connectivity index (χ2v) is 7.38. The molecule has 132 valence electrons. The highest BCUT2D eigenvalue weighted by Crippen LogP contribution is 2.27. The zero-order valence-electron chi connectivity index (χ0n) is 14.5. The van der Waals surface area contributed by atoms with E-state index in [4.69, 9.17) is 5.73 Å². The van der Waals surface area contributed by atoms with Gasteiger partial charge in [-0.25, -0.2) is 4.39 Å². The summed E-state index contributed by atoms with van der Waals surface area (Å²) < 4.78 is 13.4. The van der Waals surface area contributed by atoms with Crippen LogP contribution >= 0.6 is 0 Å². The average Bonchev–Trinajstić information content (AvgIpc) is 2.95. The molecule has 0 spiro atoms. The molecule has 1 aromatic carbocycles. The fraction of sp³-hybridized carbons (Fsp3) is 0.632. The van der Waals surface area contributed by atoms with E-state index in [1.165, 1.54) is 6.07 Å². The van der Waals surface area contributed by atoms with Crippen LogP contribution in [0.4, 0.5) is 4.39 Å². The molecule has 2 saturated heterocycles. The Balaban J connectivity index is 1.60. The van der Waals surface area contributed by atoms with E-state index in [2.05, 4.69) is 11.8 Å². The van der Waals surface area contributed by atoms with E-state index in [9.17, 15) is 9.18 Å². The summed E-state index contributed by atoms with van der Waals surface area (Å²) in [7, 11) is 0. The molecule has 0 saturated carbocycles. The van der Waals surface area contributed by atoms with Crippen LogP contribution in [0.15, 0.2) is 24.3 Å². The summed E-state index contributed by atoms with van der Waals surface area (Å²) in [6.45, 7) is 6.04. The summed E-state index contributed by atoms with van der Waals surface area (Å²) in [5.74, 6) is 0.584. The number of nitrogens with zero attached hydrogens (tertiary/aromatic N) is 2. The molecule has 3 atom stereocenters. The second kappa shape index (κ2) is 7.62. The van der Waals surface area contributed by atoms with Crippen molar-refractivity contribution in [3.05, 3.63) is 35.6 Å². The number of nitrogens with two attached hydrogens (primary N) is 1. The van der Waals surface area contributed by atoms with Crippen LogP contribution in [0.2, 0.25) is 0 Å². The van der Waals surface area contributed by atoms with E-state index >= 15 is 0 Å². The lowest BCUT2D eigenvalue weighted by Crippen LogP contribution is -2.45. The van der Waals surface area contributed by atoms with Crippen molar-refractivity contribution in [1.29, 1.82) is 0 Å². The van der Waals surface area contributed by atoms with Gasteiger partial charge in [0, 0.05) is 25.7 Å². The van der Waals surface area contributed by atoms with Crippen LogP contribution in [0.3, 0.4) is 0 Å². The zero-order chi connectivity index (χ0) is 17.1. The maximum absolute atomic E-state index is 13.4. The van der Waals surface area contributed by atoms with Crippen molar-refractivity contribution >= 4 is 5.91 Å². The highest BCUT2D eigenvalue weighted by atomic mass is 19.1. The van der Waals surface area contributed by atoms with Gasteiger partial charge in [-0.3, -0.25) is 9.69 Å². The number of hydrogen-bond donors (Lipinski definition) is 1. The molecule has 0 aliphatic carbocycles. The summed E-state index contributed by atoms with van der Waals surface area (Å²) in [6, 6.07) is 7.04. The molecule has 2 aliphatic rings. The van der Waals surface area contributed by atoms with Crippen LogP contribution in [0.25, 0.3) is 0 Å². The summed E-state index contributed by atoms with van der Waals surface area (Å²) in [4.78, 5) is 17.2. The van der Waals surface area contributed by atoms with Gasteiger partial charge in [0.05, 0.1) is 5.92 Å². The average molecular weight is 333 g/mol. The van der Waals surface area contributed by atoms with E-state index in [0.29, 0.717) is 25.0 Å². The predicted molar refractivity (Wildman–Crippen MR) is 92.7 cm³/mol. The van der Waals surface area contributed by atoms with Crippen LogP contribution in [-0.2, 0) is 11.3 Å². The van der Waals surface area contributed by atoms with Crippen molar-refractivity contribution < 1.29 is 9.18 Å². The van der Waals surface area contributed by atoms with Gasteiger partial charge in [0.15, 0.2) is 0 Å². The van der Waals surface area contributed by atoms with Crippen LogP contribution in [0.5, 0.6) is 0 Å². The highest BCUT2D eigenvalue weighted by molar-refractivity contribution is 5.79. The molecule has 2 heterocycles. The largest absolute Gasteiger partial charge is 0.339 e. The number of benzene rings is 1. The van der Waals surface area contributed by atoms with E-state index in [-0.39, 0.29) is 17.6 Å². The number of carbonyl (C=O) groups excluding carboxylic acids is 1. The number of halogens is 1. The van der Waals surface area contributed by atoms with Crippen molar-refractivity contribution in [2.24, 2.45) is 17.6 Å². The summed E-state index contributed by atoms with van der Waals surface area (Å²) in [5.41, 5.74) is 6.75. The Bertz CT molecular complexity index is 579. The van der Waals surface area contributed by atoms with Crippen molar-refractivity contribution in [2.75, 3.05) is 26.2 Å². The molecule has 24 heavy (non-hydrogen) atoms. The molecule has 4 nitrogen and oxygen atoms in total. The molecule has 0 radical (unpaired) electrons. The molecule has 2 aliphatic heterocycles. The molecule has 3 unspecified atom stereocenters. The van der Waals surface area contributed by atoms with Gasteiger partial charge in [-0.15, -0.1) is 0 Å². The fourth-order valence-electron chi connectivity index (χ4n) is 4.15. The minimum Gasteiger partial charge on any atom is -0.339 e. The molecule has 1 aromatic rings. The fourth-order valence-corrected chi connectivity index (χ4v) is 4.15. The smallest absolute Gasteiger partial charge is 0.227 e. The molecule has 1 amide bonds. The van der Waals surface area contributed by atoms with Crippen LogP contribution in [0.1, 0.15) is 31.7 Å². The number of likely N-dealkylation sites (tertiary alicyclic amines) is 2. The van der Waals surface area contributed by atoms with E-state index in [0.717, 1.165) is 44.5 Å².